The fourth-order valence-electron chi connectivity index (χ4n) is 1.13. The summed E-state index contributed by atoms with van der Waals surface area (Å²) in [5.41, 5.74) is 5.41. The Morgan fingerprint density at radius 3 is 2.57 bits per heavy atom. The van der Waals surface area contributed by atoms with E-state index >= 15 is 0 Å². The second kappa shape index (κ2) is 4.61. The SMILES string of the molecule is CCC(CN)S(=O)(=O)c1ccc(Cl)s1. The van der Waals surface area contributed by atoms with E-state index in [-0.39, 0.29) is 6.54 Å². The molecule has 1 aromatic rings. The van der Waals surface area contributed by atoms with Gasteiger partial charge in [-0.05, 0) is 18.6 Å². The third-order valence-electron chi connectivity index (χ3n) is 1.99. The maximum absolute atomic E-state index is 11.9. The molecule has 0 radical (unpaired) electrons. The number of halogens is 1. The first-order chi connectivity index (χ1) is 6.52. The van der Waals surface area contributed by atoms with Crippen molar-refractivity contribution < 1.29 is 8.42 Å². The van der Waals surface area contributed by atoms with Gasteiger partial charge in [0.1, 0.15) is 4.21 Å². The first kappa shape index (κ1) is 12.0. The fourth-order valence-corrected chi connectivity index (χ4v) is 4.46. The van der Waals surface area contributed by atoms with Gasteiger partial charge in [0, 0.05) is 6.54 Å². The number of rotatable bonds is 4. The van der Waals surface area contributed by atoms with Crippen LogP contribution in [0.1, 0.15) is 13.3 Å². The highest BCUT2D eigenvalue weighted by atomic mass is 35.5. The maximum atomic E-state index is 11.9. The molecule has 3 nitrogen and oxygen atoms in total. The van der Waals surface area contributed by atoms with Crippen molar-refractivity contribution in [3.63, 3.8) is 0 Å². The Kier molecular flexibility index (Phi) is 3.94. The van der Waals surface area contributed by atoms with Crippen molar-refractivity contribution >= 4 is 32.8 Å². The van der Waals surface area contributed by atoms with Crippen LogP contribution in [0.2, 0.25) is 4.34 Å². The summed E-state index contributed by atoms with van der Waals surface area (Å²) < 4.78 is 24.5. The Balaban J connectivity index is 3.07. The minimum absolute atomic E-state index is 0.147. The molecule has 0 amide bonds. The summed E-state index contributed by atoms with van der Waals surface area (Å²) in [5.74, 6) is 0. The molecule has 1 rings (SSSR count). The summed E-state index contributed by atoms with van der Waals surface area (Å²) in [4.78, 5) is 0. The standard InChI is InChI=1S/C8H12ClNO2S2/c1-2-6(5-10)14(11,12)8-4-3-7(9)13-8/h3-4,6H,2,5,10H2,1H3. The second-order valence-corrected chi connectivity index (χ2v) is 7.04. The van der Waals surface area contributed by atoms with Crippen LogP contribution < -0.4 is 5.73 Å². The number of hydrogen-bond acceptors (Lipinski definition) is 4. The van der Waals surface area contributed by atoms with Crippen molar-refractivity contribution in [1.29, 1.82) is 0 Å². The Hall–Kier alpha value is -0.100. The first-order valence-corrected chi connectivity index (χ1v) is 6.95. The highest BCUT2D eigenvalue weighted by molar-refractivity contribution is 7.94. The van der Waals surface area contributed by atoms with Crippen LogP contribution in [0.3, 0.4) is 0 Å². The zero-order valence-corrected chi connectivity index (χ0v) is 10.1. The monoisotopic (exact) mass is 253 g/mol. The van der Waals surface area contributed by atoms with E-state index in [0.29, 0.717) is 15.0 Å². The normalized spacial score (nSPS) is 14.2. The Labute approximate surface area is 92.8 Å². The number of thiophene rings is 1. The Bertz CT molecular complexity index is 395. The molecule has 80 valence electrons. The van der Waals surface area contributed by atoms with E-state index < -0.39 is 15.1 Å². The van der Waals surface area contributed by atoms with E-state index in [4.69, 9.17) is 17.3 Å². The van der Waals surface area contributed by atoms with Gasteiger partial charge in [0.15, 0.2) is 9.84 Å². The van der Waals surface area contributed by atoms with Crippen molar-refractivity contribution in [3.05, 3.63) is 16.5 Å². The van der Waals surface area contributed by atoms with Crippen LogP contribution in [0.5, 0.6) is 0 Å². The molecule has 1 atom stereocenters. The van der Waals surface area contributed by atoms with E-state index in [1.807, 2.05) is 6.92 Å². The van der Waals surface area contributed by atoms with Crippen molar-refractivity contribution in [3.8, 4) is 0 Å². The molecule has 0 bridgehead atoms. The van der Waals surface area contributed by atoms with Crippen LogP contribution in [-0.4, -0.2) is 20.2 Å². The molecule has 6 heteroatoms. The Morgan fingerprint density at radius 1 is 1.57 bits per heavy atom. The van der Waals surface area contributed by atoms with Crippen molar-refractivity contribution in [2.45, 2.75) is 22.8 Å². The van der Waals surface area contributed by atoms with Gasteiger partial charge >= 0.3 is 0 Å². The van der Waals surface area contributed by atoms with Gasteiger partial charge < -0.3 is 5.73 Å². The Morgan fingerprint density at radius 2 is 2.21 bits per heavy atom. The molecule has 0 aliphatic carbocycles. The molecule has 1 heterocycles. The van der Waals surface area contributed by atoms with Gasteiger partial charge in [-0.15, -0.1) is 11.3 Å². The van der Waals surface area contributed by atoms with Crippen LogP contribution >= 0.6 is 22.9 Å². The molecule has 0 fully saturated rings. The van der Waals surface area contributed by atoms with Crippen LogP contribution in [0.15, 0.2) is 16.3 Å². The van der Waals surface area contributed by atoms with Crippen molar-refractivity contribution in [2.75, 3.05) is 6.54 Å². The summed E-state index contributed by atoms with van der Waals surface area (Å²) in [7, 11) is -3.27. The smallest absolute Gasteiger partial charge is 0.191 e. The molecule has 0 aliphatic heterocycles. The first-order valence-electron chi connectivity index (χ1n) is 4.21. The molecular formula is C8H12ClNO2S2. The van der Waals surface area contributed by atoms with Gasteiger partial charge in [0.2, 0.25) is 0 Å². The van der Waals surface area contributed by atoms with Gasteiger partial charge in [-0.2, -0.15) is 0 Å². The average Bonchev–Trinajstić information content (AvgIpc) is 2.54. The lowest BCUT2D eigenvalue weighted by Gasteiger charge is -2.11. The van der Waals surface area contributed by atoms with Crippen LogP contribution in [0, 0.1) is 0 Å². The maximum Gasteiger partial charge on any atom is 0.191 e. The summed E-state index contributed by atoms with van der Waals surface area (Å²) in [6.07, 6.45) is 0.522. The predicted molar refractivity (Wildman–Crippen MR) is 59.6 cm³/mol. The summed E-state index contributed by atoms with van der Waals surface area (Å²) >= 11 is 6.76. The minimum atomic E-state index is -3.27. The highest BCUT2D eigenvalue weighted by Crippen LogP contribution is 2.28. The minimum Gasteiger partial charge on any atom is -0.329 e. The van der Waals surface area contributed by atoms with Crippen LogP contribution in [0.4, 0.5) is 0 Å². The highest BCUT2D eigenvalue weighted by Gasteiger charge is 2.25. The van der Waals surface area contributed by atoms with Gasteiger partial charge in [-0.1, -0.05) is 18.5 Å². The van der Waals surface area contributed by atoms with E-state index in [9.17, 15) is 8.42 Å². The number of sulfone groups is 1. The van der Waals surface area contributed by atoms with Crippen molar-refractivity contribution in [1.82, 2.24) is 0 Å². The van der Waals surface area contributed by atoms with E-state index in [2.05, 4.69) is 0 Å². The zero-order valence-electron chi connectivity index (χ0n) is 7.73. The van der Waals surface area contributed by atoms with Crippen LogP contribution in [0.25, 0.3) is 0 Å². The fraction of sp³-hybridized carbons (Fsp3) is 0.500. The molecule has 0 saturated heterocycles. The topological polar surface area (TPSA) is 60.2 Å². The molecular weight excluding hydrogens is 242 g/mol. The number of nitrogens with two attached hydrogens (primary N) is 1. The quantitative estimate of drug-likeness (QED) is 0.892. The van der Waals surface area contributed by atoms with E-state index in [0.717, 1.165) is 11.3 Å². The third kappa shape index (κ3) is 2.28. The van der Waals surface area contributed by atoms with E-state index in [1.165, 1.54) is 6.07 Å². The zero-order chi connectivity index (χ0) is 10.8. The van der Waals surface area contributed by atoms with Gasteiger partial charge in [0.05, 0.1) is 9.59 Å². The van der Waals surface area contributed by atoms with Gasteiger partial charge in [-0.3, -0.25) is 0 Å². The molecule has 0 aromatic carbocycles. The number of hydrogen-bond donors (Lipinski definition) is 1. The second-order valence-electron chi connectivity index (χ2n) is 2.87. The van der Waals surface area contributed by atoms with Gasteiger partial charge in [0.25, 0.3) is 0 Å². The molecule has 0 saturated carbocycles. The molecule has 0 spiro atoms. The van der Waals surface area contributed by atoms with Crippen LogP contribution in [-0.2, 0) is 9.84 Å². The largest absolute Gasteiger partial charge is 0.329 e. The van der Waals surface area contributed by atoms with Crippen molar-refractivity contribution in [2.24, 2.45) is 5.73 Å². The molecule has 2 N–H and O–H groups in total. The van der Waals surface area contributed by atoms with Gasteiger partial charge in [-0.25, -0.2) is 8.42 Å². The lowest BCUT2D eigenvalue weighted by atomic mass is 10.3. The third-order valence-corrected chi connectivity index (χ3v) is 6.06. The summed E-state index contributed by atoms with van der Waals surface area (Å²) in [6.45, 7) is 1.96. The summed E-state index contributed by atoms with van der Waals surface area (Å²) in [6, 6.07) is 3.11. The molecule has 1 aromatic heterocycles. The molecule has 1 unspecified atom stereocenters. The molecule has 0 aliphatic rings. The average molecular weight is 254 g/mol. The lowest BCUT2D eigenvalue weighted by Crippen LogP contribution is -2.28. The molecule has 14 heavy (non-hydrogen) atoms. The summed E-state index contributed by atoms with van der Waals surface area (Å²) in [5, 5.41) is -0.503. The predicted octanol–water partition coefficient (Wildman–Crippen LogP) is 1.91. The lowest BCUT2D eigenvalue weighted by molar-refractivity contribution is 0.578. The van der Waals surface area contributed by atoms with E-state index in [1.54, 1.807) is 6.07 Å².